The van der Waals surface area contributed by atoms with Gasteiger partial charge in [0.25, 0.3) is 0 Å². The number of carbonyl (C=O) groups excluding carboxylic acids is 2. The Labute approximate surface area is 135 Å². The van der Waals surface area contributed by atoms with Crippen LogP contribution >= 0.6 is 11.6 Å². The van der Waals surface area contributed by atoms with Crippen LogP contribution in [0.4, 0.5) is 0 Å². The second-order valence-corrected chi connectivity index (χ2v) is 6.43. The van der Waals surface area contributed by atoms with Gasteiger partial charge in [-0.1, -0.05) is 24.4 Å². The molecule has 0 bridgehead atoms. The Bertz CT molecular complexity index is 521. The van der Waals surface area contributed by atoms with Crippen LogP contribution in [0.25, 0.3) is 0 Å². The van der Waals surface area contributed by atoms with Gasteiger partial charge in [0, 0.05) is 30.0 Å². The molecule has 22 heavy (non-hydrogen) atoms. The van der Waals surface area contributed by atoms with Crippen molar-refractivity contribution in [3.63, 3.8) is 0 Å². The summed E-state index contributed by atoms with van der Waals surface area (Å²) in [6, 6.07) is 6.76. The number of hydrogen-bond donors (Lipinski definition) is 2. The van der Waals surface area contributed by atoms with Crippen molar-refractivity contribution in [1.82, 2.24) is 5.32 Å². The molecule has 1 fully saturated rings. The van der Waals surface area contributed by atoms with E-state index in [-0.39, 0.29) is 11.7 Å². The standard InChI is InChI=1S/C17H22ClNO3/c18-14-8-6-13(7-9-14)15(20)4-3-5-16(21)19-12-17(22)10-1-2-11-17/h6-9,22H,1-5,10-12H2,(H,19,21). The number of Topliss-reactive ketones (excluding diaryl/α,β-unsaturated/α-hetero) is 1. The second-order valence-electron chi connectivity index (χ2n) is 5.99. The average Bonchev–Trinajstić information content (AvgIpc) is 2.93. The fraction of sp³-hybridized carbons (Fsp3) is 0.529. The van der Waals surface area contributed by atoms with Gasteiger partial charge < -0.3 is 10.4 Å². The highest BCUT2D eigenvalue weighted by Gasteiger charge is 2.31. The van der Waals surface area contributed by atoms with Gasteiger partial charge >= 0.3 is 0 Å². The fourth-order valence-electron chi connectivity index (χ4n) is 2.75. The molecule has 0 spiro atoms. The van der Waals surface area contributed by atoms with Crippen LogP contribution in [0.2, 0.25) is 5.02 Å². The van der Waals surface area contributed by atoms with E-state index in [1.165, 1.54) is 0 Å². The van der Waals surface area contributed by atoms with Gasteiger partial charge in [0.15, 0.2) is 5.78 Å². The molecule has 0 radical (unpaired) electrons. The Morgan fingerprint density at radius 1 is 1.14 bits per heavy atom. The largest absolute Gasteiger partial charge is 0.388 e. The molecule has 0 heterocycles. The summed E-state index contributed by atoms with van der Waals surface area (Å²) in [6.45, 7) is 0.316. The Morgan fingerprint density at radius 2 is 1.77 bits per heavy atom. The van der Waals surface area contributed by atoms with Crippen LogP contribution < -0.4 is 5.32 Å². The molecule has 2 rings (SSSR count). The lowest BCUT2D eigenvalue weighted by Gasteiger charge is -2.22. The maximum Gasteiger partial charge on any atom is 0.220 e. The third kappa shape index (κ3) is 5.11. The predicted octanol–water partition coefficient (Wildman–Crippen LogP) is 3.11. The van der Waals surface area contributed by atoms with Gasteiger partial charge in [-0.05, 0) is 43.5 Å². The van der Waals surface area contributed by atoms with Gasteiger partial charge in [-0.3, -0.25) is 9.59 Å². The summed E-state index contributed by atoms with van der Waals surface area (Å²) in [7, 11) is 0. The number of halogens is 1. The number of nitrogens with one attached hydrogen (secondary N) is 1. The zero-order valence-corrected chi connectivity index (χ0v) is 13.4. The van der Waals surface area contributed by atoms with Crippen molar-refractivity contribution in [2.45, 2.75) is 50.5 Å². The van der Waals surface area contributed by atoms with E-state index in [9.17, 15) is 14.7 Å². The van der Waals surface area contributed by atoms with Crippen molar-refractivity contribution in [2.75, 3.05) is 6.54 Å². The lowest BCUT2D eigenvalue weighted by atomic mass is 10.0. The SMILES string of the molecule is O=C(CCCC(=O)c1ccc(Cl)cc1)NCC1(O)CCCC1. The Balaban J connectivity index is 1.66. The van der Waals surface area contributed by atoms with E-state index in [0.29, 0.717) is 36.4 Å². The zero-order chi connectivity index (χ0) is 16.0. The molecule has 0 aliphatic heterocycles. The third-order valence-corrected chi connectivity index (χ3v) is 4.37. The monoisotopic (exact) mass is 323 g/mol. The van der Waals surface area contributed by atoms with Crippen LogP contribution in [0.1, 0.15) is 55.3 Å². The molecule has 120 valence electrons. The molecule has 1 aliphatic rings. The summed E-state index contributed by atoms with van der Waals surface area (Å²) in [5, 5.41) is 13.5. The number of hydrogen-bond acceptors (Lipinski definition) is 3. The summed E-state index contributed by atoms with van der Waals surface area (Å²) in [5.41, 5.74) is -0.112. The maximum absolute atomic E-state index is 11.9. The molecule has 1 aromatic carbocycles. The van der Waals surface area contributed by atoms with Crippen LogP contribution in [0.5, 0.6) is 0 Å². The molecular weight excluding hydrogens is 302 g/mol. The lowest BCUT2D eigenvalue weighted by Crippen LogP contribution is -2.40. The van der Waals surface area contributed by atoms with E-state index in [0.717, 1.165) is 25.7 Å². The minimum absolute atomic E-state index is 0.0129. The number of benzene rings is 1. The van der Waals surface area contributed by atoms with Crippen LogP contribution in [0.3, 0.4) is 0 Å². The van der Waals surface area contributed by atoms with Gasteiger partial charge in [0.1, 0.15) is 0 Å². The van der Waals surface area contributed by atoms with Crippen molar-refractivity contribution in [1.29, 1.82) is 0 Å². The zero-order valence-electron chi connectivity index (χ0n) is 12.6. The maximum atomic E-state index is 11.9. The quantitative estimate of drug-likeness (QED) is 0.758. The number of ketones is 1. The average molecular weight is 324 g/mol. The molecule has 0 unspecified atom stereocenters. The normalized spacial score (nSPS) is 16.5. The topological polar surface area (TPSA) is 66.4 Å². The fourth-order valence-corrected chi connectivity index (χ4v) is 2.88. The van der Waals surface area contributed by atoms with Gasteiger partial charge in [0.05, 0.1) is 5.60 Å². The van der Waals surface area contributed by atoms with E-state index < -0.39 is 5.60 Å². The molecule has 5 heteroatoms. The van der Waals surface area contributed by atoms with Gasteiger partial charge in [-0.25, -0.2) is 0 Å². The second kappa shape index (κ2) is 7.75. The first-order valence-corrected chi connectivity index (χ1v) is 8.14. The first-order chi connectivity index (χ1) is 10.5. The first kappa shape index (κ1) is 17.0. The molecule has 1 saturated carbocycles. The van der Waals surface area contributed by atoms with Gasteiger partial charge in [-0.15, -0.1) is 0 Å². The minimum atomic E-state index is -0.727. The summed E-state index contributed by atoms with van der Waals surface area (Å²) in [5.74, 6) is -0.0943. The molecule has 2 N–H and O–H groups in total. The van der Waals surface area contributed by atoms with E-state index >= 15 is 0 Å². The Hall–Kier alpha value is -1.39. The smallest absolute Gasteiger partial charge is 0.220 e. The molecule has 4 nitrogen and oxygen atoms in total. The number of rotatable bonds is 7. The van der Waals surface area contributed by atoms with Crippen LogP contribution in [-0.2, 0) is 4.79 Å². The third-order valence-electron chi connectivity index (χ3n) is 4.12. The summed E-state index contributed by atoms with van der Waals surface area (Å²) >= 11 is 5.78. The van der Waals surface area contributed by atoms with Crippen LogP contribution in [0, 0.1) is 0 Å². The van der Waals surface area contributed by atoms with Crippen LogP contribution in [-0.4, -0.2) is 28.9 Å². The van der Waals surface area contributed by atoms with E-state index in [2.05, 4.69) is 5.32 Å². The van der Waals surface area contributed by atoms with Crippen molar-refractivity contribution in [3.8, 4) is 0 Å². The molecule has 0 atom stereocenters. The summed E-state index contributed by atoms with van der Waals surface area (Å²) < 4.78 is 0. The molecule has 1 amide bonds. The van der Waals surface area contributed by atoms with Crippen molar-refractivity contribution in [2.24, 2.45) is 0 Å². The van der Waals surface area contributed by atoms with Gasteiger partial charge in [0.2, 0.25) is 5.91 Å². The number of amides is 1. The molecule has 0 aromatic heterocycles. The molecule has 1 aromatic rings. The minimum Gasteiger partial charge on any atom is -0.388 e. The van der Waals surface area contributed by atoms with Crippen molar-refractivity contribution >= 4 is 23.3 Å². The highest BCUT2D eigenvalue weighted by molar-refractivity contribution is 6.30. The Morgan fingerprint density at radius 3 is 2.41 bits per heavy atom. The van der Waals surface area contributed by atoms with Gasteiger partial charge in [-0.2, -0.15) is 0 Å². The van der Waals surface area contributed by atoms with E-state index in [1.807, 2.05) is 0 Å². The van der Waals surface area contributed by atoms with Crippen molar-refractivity contribution in [3.05, 3.63) is 34.9 Å². The summed E-state index contributed by atoms with van der Waals surface area (Å²) in [6.07, 6.45) is 4.68. The van der Waals surface area contributed by atoms with E-state index in [1.54, 1.807) is 24.3 Å². The highest BCUT2D eigenvalue weighted by atomic mass is 35.5. The van der Waals surface area contributed by atoms with Crippen LogP contribution in [0.15, 0.2) is 24.3 Å². The molecule has 1 aliphatic carbocycles. The van der Waals surface area contributed by atoms with E-state index in [4.69, 9.17) is 11.6 Å². The number of aliphatic hydroxyl groups is 1. The molecule has 0 saturated heterocycles. The Kier molecular flexibility index (Phi) is 5.98. The predicted molar refractivity (Wildman–Crippen MR) is 86.1 cm³/mol. The number of carbonyl (C=O) groups is 2. The summed E-state index contributed by atoms with van der Waals surface area (Å²) in [4.78, 5) is 23.7. The van der Waals surface area contributed by atoms with Crippen molar-refractivity contribution < 1.29 is 14.7 Å². The molecular formula is C17H22ClNO3. The highest BCUT2D eigenvalue weighted by Crippen LogP contribution is 2.28. The first-order valence-electron chi connectivity index (χ1n) is 7.76. The lowest BCUT2D eigenvalue weighted by molar-refractivity contribution is -0.122.